The number of aromatic amines is 1. The molecule has 0 aliphatic carbocycles. The van der Waals surface area contributed by atoms with Gasteiger partial charge in [-0.15, -0.1) is 0 Å². The van der Waals surface area contributed by atoms with Crippen molar-refractivity contribution in [3.05, 3.63) is 18.0 Å². The monoisotopic (exact) mass is 238 g/mol. The third kappa shape index (κ3) is 3.52. The number of nitrogens with one attached hydrogen (secondary N) is 2. The molecule has 2 N–H and O–H groups in total. The van der Waals surface area contributed by atoms with E-state index in [1.807, 2.05) is 6.07 Å². The van der Waals surface area contributed by atoms with E-state index in [0.29, 0.717) is 6.10 Å². The SMILES string of the molecule is CCN1CCOC(CNC(C)c2ccn[nH]2)C1. The first-order valence-electron chi connectivity index (χ1n) is 6.36. The number of hydrogen-bond acceptors (Lipinski definition) is 4. The first kappa shape index (κ1) is 12.5. The molecule has 1 aromatic rings. The molecule has 2 atom stereocenters. The van der Waals surface area contributed by atoms with Crippen molar-refractivity contribution in [2.75, 3.05) is 32.8 Å². The molecule has 2 rings (SSSR count). The molecule has 5 heteroatoms. The Hall–Kier alpha value is -0.910. The van der Waals surface area contributed by atoms with Crippen molar-refractivity contribution in [2.45, 2.75) is 26.0 Å². The van der Waals surface area contributed by atoms with Gasteiger partial charge in [-0.25, -0.2) is 0 Å². The molecule has 2 unspecified atom stereocenters. The molecule has 0 amide bonds. The van der Waals surface area contributed by atoms with E-state index in [0.717, 1.165) is 38.5 Å². The lowest BCUT2D eigenvalue weighted by molar-refractivity contribution is -0.0262. The number of H-pyrrole nitrogens is 1. The fourth-order valence-electron chi connectivity index (χ4n) is 2.12. The van der Waals surface area contributed by atoms with E-state index in [9.17, 15) is 0 Å². The van der Waals surface area contributed by atoms with Gasteiger partial charge in [-0.2, -0.15) is 5.10 Å². The lowest BCUT2D eigenvalue weighted by atomic mass is 10.2. The highest BCUT2D eigenvalue weighted by molar-refractivity contribution is 5.02. The van der Waals surface area contributed by atoms with Gasteiger partial charge in [0.05, 0.1) is 18.4 Å². The molecule has 0 saturated carbocycles. The molecule has 1 aromatic heterocycles. The van der Waals surface area contributed by atoms with E-state index in [-0.39, 0.29) is 6.04 Å². The largest absolute Gasteiger partial charge is 0.374 e. The summed E-state index contributed by atoms with van der Waals surface area (Å²) in [5.41, 5.74) is 1.12. The molecule has 1 aliphatic heterocycles. The van der Waals surface area contributed by atoms with E-state index in [1.165, 1.54) is 0 Å². The zero-order chi connectivity index (χ0) is 12.1. The van der Waals surface area contributed by atoms with Gasteiger partial charge >= 0.3 is 0 Å². The normalized spacial score (nSPS) is 23.8. The highest BCUT2D eigenvalue weighted by Gasteiger charge is 2.19. The van der Waals surface area contributed by atoms with Gasteiger partial charge in [0.25, 0.3) is 0 Å². The smallest absolute Gasteiger partial charge is 0.0826 e. The summed E-state index contributed by atoms with van der Waals surface area (Å²) in [6, 6.07) is 2.29. The fraction of sp³-hybridized carbons (Fsp3) is 0.750. The second kappa shape index (κ2) is 6.14. The topological polar surface area (TPSA) is 53.2 Å². The molecule has 2 heterocycles. The van der Waals surface area contributed by atoms with Crippen molar-refractivity contribution in [3.8, 4) is 0 Å². The quantitative estimate of drug-likeness (QED) is 0.796. The molecule has 0 bridgehead atoms. The predicted molar refractivity (Wildman–Crippen MR) is 66.9 cm³/mol. The first-order chi connectivity index (χ1) is 8.29. The second-order valence-corrected chi connectivity index (χ2v) is 4.53. The number of aromatic nitrogens is 2. The summed E-state index contributed by atoms with van der Waals surface area (Å²) in [7, 11) is 0. The van der Waals surface area contributed by atoms with Crippen LogP contribution in [0.1, 0.15) is 25.6 Å². The van der Waals surface area contributed by atoms with Crippen LogP contribution in [0.15, 0.2) is 12.3 Å². The Balaban J connectivity index is 1.74. The number of nitrogens with zero attached hydrogens (tertiary/aromatic N) is 2. The summed E-state index contributed by atoms with van der Waals surface area (Å²) < 4.78 is 5.75. The Labute approximate surface area is 103 Å². The lowest BCUT2D eigenvalue weighted by Gasteiger charge is -2.32. The van der Waals surface area contributed by atoms with Crippen LogP contribution in [0.5, 0.6) is 0 Å². The van der Waals surface area contributed by atoms with E-state index in [1.54, 1.807) is 6.20 Å². The van der Waals surface area contributed by atoms with E-state index in [2.05, 4.69) is 34.3 Å². The Morgan fingerprint density at radius 1 is 1.71 bits per heavy atom. The summed E-state index contributed by atoms with van der Waals surface area (Å²) in [4.78, 5) is 2.43. The average Bonchev–Trinajstić information content (AvgIpc) is 2.90. The number of ether oxygens (including phenoxy) is 1. The lowest BCUT2D eigenvalue weighted by Crippen LogP contribution is -2.46. The van der Waals surface area contributed by atoms with Crippen molar-refractivity contribution < 1.29 is 4.74 Å². The molecule has 0 aromatic carbocycles. The van der Waals surface area contributed by atoms with E-state index < -0.39 is 0 Å². The van der Waals surface area contributed by atoms with Gasteiger partial charge in [0.2, 0.25) is 0 Å². The van der Waals surface area contributed by atoms with Crippen LogP contribution in [0.25, 0.3) is 0 Å². The summed E-state index contributed by atoms with van der Waals surface area (Å²) in [5, 5.41) is 10.4. The van der Waals surface area contributed by atoms with Crippen molar-refractivity contribution in [2.24, 2.45) is 0 Å². The van der Waals surface area contributed by atoms with E-state index >= 15 is 0 Å². The van der Waals surface area contributed by atoms with Gasteiger partial charge < -0.3 is 10.1 Å². The van der Waals surface area contributed by atoms with Crippen LogP contribution < -0.4 is 5.32 Å². The molecule has 1 saturated heterocycles. The van der Waals surface area contributed by atoms with Crippen molar-refractivity contribution in [1.82, 2.24) is 20.4 Å². The standard InChI is InChI=1S/C12H22N4O/c1-3-16-6-7-17-11(9-16)8-13-10(2)12-4-5-14-15-12/h4-5,10-11,13H,3,6-9H2,1-2H3,(H,14,15). The minimum Gasteiger partial charge on any atom is -0.374 e. The molecule has 1 fully saturated rings. The minimum absolute atomic E-state index is 0.290. The van der Waals surface area contributed by atoms with Gasteiger partial charge in [-0.05, 0) is 19.5 Å². The van der Waals surface area contributed by atoms with Gasteiger partial charge in [-0.1, -0.05) is 6.92 Å². The van der Waals surface area contributed by atoms with Gasteiger partial charge in [0.1, 0.15) is 0 Å². The molecule has 17 heavy (non-hydrogen) atoms. The number of likely N-dealkylation sites (N-methyl/N-ethyl adjacent to an activating group) is 1. The highest BCUT2D eigenvalue weighted by atomic mass is 16.5. The van der Waals surface area contributed by atoms with Gasteiger partial charge in [0, 0.05) is 31.9 Å². The number of hydrogen-bond donors (Lipinski definition) is 2. The minimum atomic E-state index is 0.290. The maximum absolute atomic E-state index is 5.75. The van der Waals surface area contributed by atoms with Crippen LogP contribution in [-0.2, 0) is 4.74 Å². The van der Waals surface area contributed by atoms with Gasteiger partial charge in [-0.3, -0.25) is 10.00 Å². The summed E-state index contributed by atoms with van der Waals surface area (Å²) in [5.74, 6) is 0. The zero-order valence-electron chi connectivity index (χ0n) is 10.6. The fourth-order valence-corrected chi connectivity index (χ4v) is 2.12. The van der Waals surface area contributed by atoms with Crippen LogP contribution in [0.4, 0.5) is 0 Å². The van der Waals surface area contributed by atoms with Crippen LogP contribution in [-0.4, -0.2) is 54.0 Å². The number of morpholine rings is 1. The van der Waals surface area contributed by atoms with Crippen LogP contribution in [0, 0.1) is 0 Å². The molecule has 0 spiro atoms. The number of rotatable bonds is 5. The molecule has 5 nitrogen and oxygen atoms in total. The highest BCUT2D eigenvalue weighted by Crippen LogP contribution is 2.09. The van der Waals surface area contributed by atoms with Crippen molar-refractivity contribution >= 4 is 0 Å². The molecular weight excluding hydrogens is 216 g/mol. The molecule has 1 aliphatic rings. The summed E-state index contributed by atoms with van der Waals surface area (Å²) in [6.07, 6.45) is 2.08. The zero-order valence-corrected chi connectivity index (χ0v) is 10.6. The third-order valence-corrected chi connectivity index (χ3v) is 3.31. The maximum Gasteiger partial charge on any atom is 0.0826 e. The maximum atomic E-state index is 5.75. The third-order valence-electron chi connectivity index (χ3n) is 3.31. The molecule has 96 valence electrons. The van der Waals surface area contributed by atoms with Gasteiger partial charge in [0.15, 0.2) is 0 Å². The molecule has 0 radical (unpaired) electrons. The summed E-state index contributed by atoms with van der Waals surface area (Å²) >= 11 is 0. The second-order valence-electron chi connectivity index (χ2n) is 4.53. The Kier molecular flexibility index (Phi) is 4.53. The Morgan fingerprint density at radius 2 is 2.59 bits per heavy atom. The summed E-state index contributed by atoms with van der Waals surface area (Å²) in [6.45, 7) is 9.25. The first-order valence-corrected chi connectivity index (χ1v) is 6.36. The van der Waals surface area contributed by atoms with Crippen LogP contribution in [0.3, 0.4) is 0 Å². The van der Waals surface area contributed by atoms with Crippen LogP contribution in [0.2, 0.25) is 0 Å². The Bertz CT molecular complexity index is 314. The Morgan fingerprint density at radius 3 is 3.29 bits per heavy atom. The van der Waals surface area contributed by atoms with Crippen molar-refractivity contribution in [3.63, 3.8) is 0 Å². The van der Waals surface area contributed by atoms with Crippen LogP contribution >= 0.6 is 0 Å². The average molecular weight is 238 g/mol. The van der Waals surface area contributed by atoms with Crippen molar-refractivity contribution in [1.29, 1.82) is 0 Å². The molecular formula is C12H22N4O. The predicted octanol–water partition coefficient (Wildman–Crippen LogP) is 0.781. The van der Waals surface area contributed by atoms with E-state index in [4.69, 9.17) is 4.74 Å².